The Hall–Kier alpha value is -3.26. The third-order valence-electron chi connectivity index (χ3n) is 5.03. The second-order valence-electron chi connectivity index (χ2n) is 7.77. The molecule has 0 aliphatic carbocycles. The van der Waals surface area contributed by atoms with Gasteiger partial charge in [-0.25, -0.2) is 4.98 Å². The molecule has 0 amide bonds. The monoisotopic (exact) mass is 356 g/mol. The van der Waals surface area contributed by atoms with Gasteiger partial charge in [-0.05, 0) is 47.7 Å². The summed E-state index contributed by atoms with van der Waals surface area (Å²) in [6.45, 7) is 5.10. The molecule has 0 fully saturated rings. The first-order chi connectivity index (χ1) is 12.9. The van der Waals surface area contributed by atoms with E-state index in [4.69, 9.17) is 10.2 Å². The fourth-order valence-electron chi connectivity index (χ4n) is 3.49. The molecule has 0 bridgehead atoms. The fraction of sp³-hybridized carbons (Fsp3) is 0.273. The molecule has 1 aliphatic rings. The number of nitriles is 1. The lowest BCUT2D eigenvalue weighted by Gasteiger charge is -2.31. The van der Waals surface area contributed by atoms with E-state index in [1.807, 2.05) is 34.9 Å². The molecule has 5 heteroatoms. The predicted molar refractivity (Wildman–Crippen MR) is 106 cm³/mol. The Balaban J connectivity index is 1.72. The number of hydrogen-bond donors (Lipinski definition) is 0. The van der Waals surface area contributed by atoms with Crippen molar-refractivity contribution in [2.45, 2.75) is 33.2 Å². The van der Waals surface area contributed by atoms with Crippen LogP contribution in [0.3, 0.4) is 0 Å². The van der Waals surface area contributed by atoms with Crippen LogP contribution in [0.2, 0.25) is 0 Å². The summed E-state index contributed by atoms with van der Waals surface area (Å²) in [4.78, 5) is 21.9. The summed E-state index contributed by atoms with van der Waals surface area (Å²) in [6, 6.07) is 11.2. The third-order valence-corrected chi connectivity index (χ3v) is 5.03. The predicted octanol–water partition coefficient (Wildman–Crippen LogP) is 3.81. The first kappa shape index (κ1) is 17.2. The molecule has 0 unspecified atom stereocenters. The zero-order valence-electron chi connectivity index (χ0n) is 15.4. The van der Waals surface area contributed by atoms with Crippen LogP contribution in [0, 0.1) is 16.7 Å². The maximum atomic E-state index is 12.9. The maximum Gasteiger partial charge on any atom is 0.261 e. The number of pyridine rings is 1. The average Bonchev–Trinajstić information content (AvgIpc) is 2.67. The average molecular weight is 356 g/mol. The van der Waals surface area contributed by atoms with Crippen LogP contribution in [0.25, 0.3) is 23.1 Å². The first-order valence-corrected chi connectivity index (χ1v) is 9.03. The number of benzene rings is 1. The molecule has 0 atom stereocenters. The van der Waals surface area contributed by atoms with Gasteiger partial charge in [-0.15, -0.1) is 0 Å². The molecule has 3 heterocycles. The molecule has 0 spiro atoms. The summed E-state index contributed by atoms with van der Waals surface area (Å²) in [7, 11) is 0. The minimum Gasteiger partial charge on any atom is -0.296 e. The zero-order chi connectivity index (χ0) is 19.0. The van der Waals surface area contributed by atoms with Gasteiger partial charge in [0.1, 0.15) is 5.82 Å². The van der Waals surface area contributed by atoms with Gasteiger partial charge in [0, 0.05) is 19.2 Å². The van der Waals surface area contributed by atoms with Crippen molar-refractivity contribution in [3.63, 3.8) is 0 Å². The van der Waals surface area contributed by atoms with Crippen molar-refractivity contribution in [1.82, 2.24) is 14.5 Å². The Labute approximate surface area is 157 Å². The lowest BCUT2D eigenvalue weighted by molar-refractivity contribution is 0.240. The normalized spacial score (nSPS) is 15.6. The van der Waals surface area contributed by atoms with Crippen molar-refractivity contribution in [1.29, 1.82) is 5.26 Å². The maximum absolute atomic E-state index is 12.9. The summed E-state index contributed by atoms with van der Waals surface area (Å²) in [5.41, 5.74) is 3.13. The van der Waals surface area contributed by atoms with Gasteiger partial charge in [-0.2, -0.15) is 5.26 Å². The Kier molecular flexibility index (Phi) is 4.12. The second-order valence-corrected chi connectivity index (χ2v) is 7.77. The number of hydrogen-bond acceptors (Lipinski definition) is 4. The van der Waals surface area contributed by atoms with E-state index in [2.05, 4.69) is 24.9 Å². The van der Waals surface area contributed by atoms with Crippen molar-refractivity contribution in [2.75, 3.05) is 0 Å². The molecular weight excluding hydrogens is 336 g/mol. The molecule has 1 aromatic carbocycles. The molecule has 27 heavy (non-hydrogen) atoms. The van der Waals surface area contributed by atoms with Crippen LogP contribution in [0.15, 0.2) is 41.3 Å². The zero-order valence-corrected chi connectivity index (χ0v) is 15.4. The molecule has 0 radical (unpaired) electrons. The van der Waals surface area contributed by atoms with Crippen LogP contribution >= 0.6 is 0 Å². The van der Waals surface area contributed by atoms with Gasteiger partial charge in [0.2, 0.25) is 0 Å². The van der Waals surface area contributed by atoms with E-state index < -0.39 is 0 Å². The van der Waals surface area contributed by atoms with Crippen LogP contribution in [-0.4, -0.2) is 14.5 Å². The highest BCUT2D eigenvalue weighted by molar-refractivity contribution is 5.82. The molecular formula is C22H20N4O. The van der Waals surface area contributed by atoms with Gasteiger partial charge >= 0.3 is 0 Å². The van der Waals surface area contributed by atoms with E-state index in [1.165, 1.54) is 0 Å². The fourth-order valence-corrected chi connectivity index (χ4v) is 3.49. The Bertz CT molecular complexity index is 1170. The molecule has 0 N–H and O–H groups in total. The topological polar surface area (TPSA) is 71.6 Å². The number of aryl methyl sites for hydroxylation is 1. The van der Waals surface area contributed by atoms with Crippen LogP contribution in [0.4, 0.5) is 0 Å². The van der Waals surface area contributed by atoms with E-state index in [0.29, 0.717) is 17.5 Å². The third kappa shape index (κ3) is 3.39. The van der Waals surface area contributed by atoms with Crippen molar-refractivity contribution in [3.05, 3.63) is 69.5 Å². The molecule has 134 valence electrons. The van der Waals surface area contributed by atoms with Crippen molar-refractivity contribution < 1.29 is 0 Å². The molecule has 2 aromatic heterocycles. The second kappa shape index (κ2) is 6.48. The molecule has 0 saturated heterocycles. The molecule has 4 rings (SSSR count). The SMILES string of the molecule is CC1(C)CCc2nc3cc(C=Cc4cc(C#N)ccn4)ccc3c(=O)n2C1. The number of aromatic nitrogens is 3. The van der Waals surface area contributed by atoms with Gasteiger partial charge in [-0.3, -0.25) is 14.3 Å². The summed E-state index contributed by atoms with van der Waals surface area (Å²) in [5.74, 6) is 0.872. The quantitative estimate of drug-likeness (QED) is 0.700. The van der Waals surface area contributed by atoms with E-state index in [1.54, 1.807) is 18.3 Å². The molecule has 3 aromatic rings. The highest BCUT2D eigenvalue weighted by atomic mass is 16.1. The van der Waals surface area contributed by atoms with E-state index in [-0.39, 0.29) is 11.0 Å². The minimum atomic E-state index is 0.0432. The van der Waals surface area contributed by atoms with E-state index >= 15 is 0 Å². The molecule has 1 aliphatic heterocycles. The van der Waals surface area contributed by atoms with Crippen molar-refractivity contribution in [3.8, 4) is 6.07 Å². The lowest BCUT2D eigenvalue weighted by atomic mass is 9.85. The molecule has 0 saturated carbocycles. The Morgan fingerprint density at radius 1 is 1.22 bits per heavy atom. The Morgan fingerprint density at radius 2 is 2.07 bits per heavy atom. The van der Waals surface area contributed by atoms with Gasteiger partial charge in [0.05, 0.1) is 28.2 Å². The summed E-state index contributed by atoms with van der Waals surface area (Å²) >= 11 is 0. The van der Waals surface area contributed by atoms with Crippen LogP contribution in [0.1, 0.15) is 42.9 Å². The number of rotatable bonds is 2. The molecule has 5 nitrogen and oxygen atoms in total. The highest BCUT2D eigenvalue weighted by Crippen LogP contribution is 2.29. The van der Waals surface area contributed by atoms with Gasteiger partial charge in [0.15, 0.2) is 0 Å². The van der Waals surface area contributed by atoms with Crippen LogP contribution in [0.5, 0.6) is 0 Å². The Morgan fingerprint density at radius 3 is 2.89 bits per heavy atom. The highest BCUT2D eigenvalue weighted by Gasteiger charge is 2.27. The van der Waals surface area contributed by atoms with Gasteiger partial charge < -0.3 is 0 Å². The smallest absolute Gasteiger partial charge is 0.261 e. The largest absolute Gasteiger partial charge is 0.296 e. The van der Waals surface area contributed by atoms with Crippen LogP contribution in [-0.2, 0) is 13.0 Å². The lowest BCUT2D eigenvalue weighted by Crippen LogP contribution is -2.36. The van der Waals surface area contributed by atoms with E-state index in [0.717, 1.165) is 35.4 Å². The van der Waals surface area contributed by atoms with E-state index in [9.17, 15) is 4.79 Å². The van der Waals surface area contributed by atoms with Gasteiger partial charge in [-0.1, -0.05) is 26.0 Å². The standard InChI is InChI=1S/C22H20N4O/c1-22(2)9-7-20-25-19-12-15(4-6-18(19)21(27)26(20)14-22)3-5-17-11-16(13-23)8-10-24-17/h3-6,8,10-12H,7,9,14H2,1-2H3. The minimum absolute atomic E-state index is 0.0432. The van der Waals surface area contributed by atoms with Crippen molar-refractivity contribution in [2.24, 2.45) is 5.41 Å². The summed E-state index contributed by atoms with van der Waals surface area (Å²) in [6.07, 6.45) is 7.25. The number of nitrogens with zero attached hydrogens (tertiary/aromatic N) is 4. The van der Waals surface area contributed by atoms with Crippen molar-refractivity contribution >= 4 is 23.1 Å². The summed E-state index contributed by atoms with van der Waals surface area (Å²) in [5, 5.41) is 9.63. The first-order valence-electron chi connectivity index (χ1n) is 9.03. The van der Waals surface area contributed by atoms with Crippen LogP contribution < -0.4 is 5.56 Å². The number of fused-ring (bicyclic) bond motifs is 2. The summed E-state index contributed by atoms with van der Waals surface area (Å²) < 4.78 is 1.83. The van der Waals surface area contributed by atoms with Gasteiger partial charge in [0.25, 0.3) is 5.56 Å².